The molecule has 13 heavy (non-hydrogen) atoms. The molecule has 1 heterocycles. The Morgan fingerprint density at radius 3 is 3.00 bits per heavy atom. The van der Waals surface area contributed by atoms with Crippen molar-refractivity contribution in [1.82, 2.24) is 0 Å². The lowest BCUT2D eigenvalue weighted by Crippen LogP contribution is -2.04. The zero-order valence-electron chi connectivity index (χ0n) is 7.75. The summed E-state index contributed by atoms with van der Waals surface area (Å²) in [5, 5.41) is 0. The van der Waals surface area contributed by atoms with Gasteiger partial charge >= 0.3 is 0 Å². The molecule has 1 aliphatic heterocycles. The van der Waals surface area contributed by atoms with Gasteiger partial charge in [0.05, 0.1) is 6.61 Å². The van der Waals surface area contributed by atoms with E-state index in [-0.39, 0.29) is 0 Å². The summed E-state index contributed by atoms with van der Waals surface area (Å²) < 4.78 is 5.63. The predicted octanol–water partition coefficient (Wildman–Crippen LogP) is 2.37. The van der Waals surface area contributed by atoms with E-state index in [0.717, 1.165) is 24.5 Å². The van der Waals surface area contributed by atoms with E-state index in [1.807, 2.05) is 18.2 Å². The van der Waals surface area contributed by atoms with Gasteiger partial charge in [0.1, 0.15) is 5.75 Å². The molecule has 0 spiro atoms. The zero-order chi connectivity index (χ0) is 9.10. The largest absolute Gasteiger partial charge is 0.493 e. The lowest BCUT2D eigenvalue weighted by molar-refractivity contribution is 0.294. The summed E-state index contributed by atoms with van der Waals surface area (Å²) >= 11 is 0. The zero-order valence-corrected chi connectivity index (χ0v) is 7.75. The number of ether oxygens (including phenoxy) is 1. The topological polar surface area (TPSA) is 35.2 Å². The van der Waals surface area contributed by atoms with Crippen LogP contribution in [0.15, 0.2) is 18.2 Å². The first kappa shape index (κ1) is 8.42. The second kappa shape index (κ2) is 3.69. The molecule has 0 aliphatic carbocycles. The molecule has 2 nitrogen and oxygen atoms in total. The van der Waals surface area contributed by atoms with Crippen LogP contribution in [0.2, 0.25) is 0 Å². The van der Waals surface area contributed by atoms with Gasteiger partial charge in [-0.15, -0.1) is 0 Å². The Kier molecular flexibility index (Phi) is 2.39. The molecule has 0 fully saturated rings. The van der Waals surface area contributed by atoms with Crippen LogP contribution in [-0.4, -0.2) is 6.61 Å². The van der Waals surface area contributed by atoms with E-state index in [2.05, 4.69) is 0 Å². The van der Waals surface area contributed by atoms with Gasteiger partial charge in [0.15, 0.2) is 0 Å². The third kappa shape index (κ3) is 1.94. The minimum atomic E-state index is 0.836. The number of hydrogen-bond acceptors (Lipinski definition) is 2. The standard InChI is InChI=1S/C11H15NO/c12-10-5-6-11-9(8-10)4-2-1-3-7-13-11/h5-6,8H,1-4,7,12H2. The summed E-state index contributed by atoms with van der Waals surface area (Å²) in [5.41, 5.74) is 7.82. The fraction of sp³-hybridized carbons (Fsp3) is 0.455. The highest BCUT2D eigenvalue weighted by atomic mass is 16.5. The van der Waals surface area contributed by atoms with E-state index < -0.39 is 0 Å². The van der Waals surface area contributed by atoms with Gasteiger partial charge < -0.3 is 10.5 Å². The Bertz CT molecular complexity index is 296. The van der Waals surface area contributed by atoms with Gasteiger partial charge in [0.2, 0.25) is 0 Å². The molecular weight excluding hydrogens is 162 g/mol. The number of fused-ring (bicyclic) bond motifs is 1. The summed E-state index contributed by atoms with van der Waals surface area (Å²) in [6, 6.07) is 5.91. The van der Waals surface area contributed by atoms with E-state index in [0.29, 0.717) is 0 Å². The molecule has 0 saturated heterocycles. The van der Waals surface area contributed by atoms with Crippen molar-refractivity contribution in [3.8, 4) is 5.75 Å². The van der Waals surface area contributed by atoms with Crippen molar-refractivity contribution >= 4 is 5.69 Å². The summed E-state index contributed by atoms with van der Waals surface area (Å²) in [7, 11) is 0. The van der Waals surface area contributed by atoms with E-state index in [1.165, 1.54) is 24.8 Å². The molecule has 70 valence electrons. The van der Waals surface area contributed by atoms with E-state index in [9.17, 15) is 0 Å². The van der Waals surface area contributed by atoms with Gasteiger partial charge in [0.25, 0.3) is 0 Å². The van der Waals surface area contributed by atoms with Gasteiger partial charge in [-0.2, -0.15) is 0 Å². The Morgan fingerprint density at radius 2 is 2.08 bits per heavy atom. The van der Waals surface area contributed by atoms with E-state index in [1.54, 1.807) is 0 Å². The predicted molar refractivity (Wildman–Crippen MR) is 53.9 cm³/mol. The Hall–Kier alpha value is -1.18. The van der Waals surface area contributed by atoms with Crippen molar-refractivity contribution in [2.24, 2.45) is 0 Å². The van der Waals surface area contributed by atoms with Gasteiger partial charge in [-0.3, -0.25) is 0 Å². The highest BCUT2D eigenvalue weighted by Gasteiger charge is 2.07. The number of hydrogen-bond donors (Lipinski definition) is 1. The summed E-state index contributed by atoms with van der Waals surface area (Å²) in [6.07, 6.45) is 4.78. The number of nitrogen functional groups attached to an aromatic ring is 1. The van der Waals surface area contributed by atoms with Crippen LogP contribution < -0.4 is 10.5 Å². The second-order valence-electron chi connectivity index (χ2n) is 3.53. The van der Waals surface area contributed by atoms with Crippen LogP contribution in [0.5, 0.6) is 5.75 Å². The minimum absolute atomic E-state index is 0.836. The molecule has 0 unspecified atom stereocenters. The molecule has 1 aliphatic rings. The highest BCUT2D eigenvalue weighted by Crippen LogP contribution is 2.25. The number of anilines is 1. The van der Waals surface area contributed by atoms with Crippen molar-refractivity contribution in [1.29, 1.82) is 0 Å². The number of nitrogens with two attached hydrogens (primary N) is 1. The molecule has 2 heteroatoms. The van der Waals surface area contributed by atoms with Gasteiger partial charge in [-0.05, 0) is 49.4 Å². The van der Waals surface area contributed by atoms with E-state index >= 15 is 0 Å². The Balaban J connectivity index is 2.28. The van der Waals surface area contributed by atoms with Crippen LogP contribution in [0.4, 0.5) is 5.69 Å². The SMILES string of the molecule is Nc1ccc2c(c1)CCCCCO2. The number of aryl methyl sites for hydroxylation is 1. The fourth-order valence-electron chi connectivity index (χ4n) is 1.71. The fourth-order valence-corrected chi connectivity index (χ4v) is 1.71. The molecule has 2 N–H and O–H groups in total. The molecule has 1 aromatic rings. The second-order valence-corrected chi connectivity index (χ2v) is 3.53. The first-order valence-electron chi connectivity index (χ1n) is 4.87. The van der Waals surface area contributed by atoms with Gasteiger partial charge in [-0.25, -0.2) is 0 Å². The monoisotopic (exact) mass is 177 g/mol. The van der Waals surface area contributed by atoms with Crippen molar-refractivity contribution in [2.45, 2.75) is 25.7 Å². The number of benzene rings is 1. The van der Waals surface area contributed by atoms with Crippen molar-refractivity contribution < 1.29 is 4.74 Å². The Labute approximate surface area is 78.7 Å². The molecular formula is C11H15NO. The highest BCUT2D eigenvalue weighted by molar-refractivity contribution is 5.48. The lowest BCUT2D eigenvalue weighted by atomic mass is 10.0. The first-order valence-corrected chi connectivity index (χ1v) is 4.87. The summed E-state index contributed by atoms with van der Waals surface area (Å²) in [5.74, 6) is 1.02. The van der Waals surface area contributed by atoms with Crippen LogP contribution in [0, 0.1) is 0 Å². The average Bonchev–Trinajstić information content (AvgIpc) is 2.08. The molecule has 0 amide bonds. The smallest absolute Gasteiger partial charge is 0.122 e. The maximum absolute atomic E-state index is 5.72. The van der Waals surface area contributed by atoms with Crippen molar-refractivity contribution in [3.05, 3.63) is 23.8 Å². The van der Waals surface area contributed by atoms with Crippen molar-refractivity contribution in [3.63, 3.8) is 0 Å². The van der Waals surface area contributed by atoms with Crippen LogP contribution in [-0.2, 0) is 6.42 Å². The van der Waals surface area contributed by atoms with Crippen LogP contribution in [0.25, 0.3) is 0 Å². The van der Waals surface area contributed by atoms with Crippen LogP contribution in [0.1, 0.15) is 24.8 Å². The van der Waals surface area contributed by atoms with Gasteiger partial charge in [-0.1, -0.05) is 0 Å². The molecule has 0 bridgehead atoms. The molecule has 0 aromatic heterocycles. The average molecular weight is 177 g/mol. The molecule has 1 aromatic carbocycles. The third-order valence-corrected chi connectivity index (χ3v) is 2.43. The quantitative estimate of drug-likeness (QED) is 0.617. The first-order chi connectivity index (χ1) is 6.36. The maximum Gasteiger partial charge on any atom is 0.122 e. The summed E-state index contributed by atoms with van der Waals surface area (Å²) in [4.78, 5) is 0. The normalized spacial score (nSPS) is 16.6. The van der Waals surface area contributed by atoms with E-state index in [4.69, 9.17) is 10.5 Å². The molecule has 2 rings (SSSR count). The summed E-state index contributed by atoms with van der Waals surface area (Å²) in [6.45, 7) is 0.844. The number of rotatable bonds is 0. The van der Waals surface area contributed by atoms with Crippen LogP contribution in [0.3, 0.4) is 0 Å². The third-order valence-electron chi connectivity index (χ3n) is 2.43. The molecule has 0 radical (unpaired) electrons. The lowest BCUT2D eigenvalue weighted by Gasteiger charge is -2.15. The Morgan fingerprint density at radius 1 is 1.15 bits per heavy atom. The van der Waals surface area contributed by atoms with Crippen molar-refractivity contribution in [2.75, 3.05) is 12.3 Å². The molecule has 0 atom stereocenters. The molecule has 0 saturated carbocycles. The van der Waals surface area contributed by atoms with Gasteiger partial charge in [0, 0.05) is 5.69 Å². The minimum Gasteiger partial charge on any atom is -0.493 e. The maximum atomic E-state index is 5.72. The van der Waals surface area contributed by atoms with Crippen LogP contribution >= 0.6 is 0 Å².